The van der Waals surface area contributed by atoms with E-state index in [-0.39, 0.29) is 34.6 Å². The van der Waals surface area contributed by atoms with Crippen LogP contribution in [0.5, 0.6) is 0 Å². The first-order valence-electron chi connectivity index (χ1n) is 13.0. The van der Waals surface area contributed by atoms with Gasteiger partial charge in [0, 0.05) is 5.92 Å². The minimum absolute atomic E-state index is 0.0253. The SMILES string of the molecule is CC(C)CCC[C@@H](C)[C@H]1CC[C@H]2[C@@H]3C(O)C(=O)C4C[C@@H](O)CC[C@]4(C)[C@H]3CC[C@]12C. The third-order valence-electron chi connectivity index (χ3n) is 10.7. The lowest BCUT2D eigenvalue weighted by molar-refractivity contribution is -0.184. The van der Waals surface area contributed by atoms with Crippen molar-refractivity contribution in [1.82, 2.24) is 0 Å². The molecule has 0 heterocycles. The Morgan fingerprint density at radius 3 is 2.30 bits per heavy atom. The zero-order valence-corrected chi connectivity index (χ0v) is 20.1. The van der Waals surface area contributed by atoms with Crippen molar-refractivity contribution in [1.29, 1.82) is 0 Å². The minimum atomic E-state index is -0.807. The number of carbonyl (C=O) groups excluding carboxylic acids is 1. The summed E-state index contributed by atoms with van der Waals surface area (Å²) in [6, 6.07) is 0. The standard InChI is InChI=1S/C27H46O3/c1-16(2)7-6-8-17(3)19-9-10-20-23-21(12-14-26(19,20)4)27(5)13-11-18(28)15-22(27)24(29)25(23)30/h16-23,25,28,30H,6-15H2,1-5H3/t17-,18+,19-,20+,21+,22?,23+,25?,26-,27-/m1/s1. The quantitative estimate of drug-likeness (QED) is 0.609. The summed E-state index contributed by atoms with van der Waals surface area (Å²) < 4.78 is 0. The summed E-state index contributed by atoms with van der Waals surface area (Å²) in [6.07, 6.45) is 9.97. The van der Waals surface area contributed by atoms with Crippen LogP contribution in [0.15, 0.2) is 0 Å². The van der Waals surface area contributed by atoms with Crippen LogP contribution in [0.1, 0.15) is 98.8 Å². The van der Waals surface area contributed by atoms with E-state index in [0.717, 1.165) is 37.0 Å². The molecular formula is C27H46O3. The highest BCUT2D eigenvalue weighted by Gasteiger charge is 2.65. The van der Waals surface area contributed by atoms with Crippen molar-refractivity contribution in [3.05, 3.63) is 0 Å². The summed E-state index contributed by atoms with van der Waals surface area (Å²) in [7, 11) is 0. The number of ketones is 1. The minimum Gasteiger partial charge on any atom is -0.393 e. The molecule has 0 aromatic rings. The highest BCUT2D eigenvalue weighted by molar-refractivity contribution is 5.87. The molecular weight excluding hydrogens is 372 g/mol. The Morgan fingerprint density at radius 2 is 1.60 bits per heavy atom. The van der Waals surface area contributed by atoms with E-state index in [0.29, 0.717) is 18.3 Å². The normalized spacial score (nSPS) is 49.5. The summed E-state index contributed by atoms with van der Waals surface area (Å²) >= 11 is 0. The van der Waals surface area contributed by atoms with Gasteiger partial charge in [-0.25, -0.2) is 0 Å². The molecule has 10 atom stereocenters. The van der Waals surface area contributed by atoms with Crippen molar-refractivity contribution in [3.8, 4) is 0 Å². The van der Waals surface area contributed by atoms with Crippen LogP contribution in [0.25, 0.3) is 0 Å². The van der Waals surface area contributed by atoms with Gasteiger partial charge in [-0.2, -0.15) is 0 Å². The Morgan fingerprint density at radius 1 is 0.933 bits per heavy atom. The Kier molecular flexibility index (Phi) is 6.21. The average Bonchev–Trinajstić information content (AvgIpc) is 3.04. The van der Waals surface area contributed by atoms with Gasteiger partial charge >= 0.3 is 0 Å². The lowest BCUT2D eigenvalue weighted by atomic mass is 9.43. The van der Waals surface area contributed by atoms with E-state index in [1.165, 1.54) is 38.5 Å². The van der Waals surface area contributed by atoms with Gasteiger partial charge < -0.3 is 10.2 Å². The van der Waals surface area contributed by atoms with E-state index < -0.39 is 6.10 Å². The fourth-order valence-corrected chi connectivity index (χ4v) is 9.02. The van der Waals surface area contributed by atoms with Crippen molar-refractivity contribution < 1.29 is 15.0 Å². The van der Waals surface area contributed by atoms with E-state index in [2.05, 4.69) is 34.6 Å². The first-order valence-corrected chi connectivity index (χ1v) is 13.0. The second-order valence-corrected chi connectivity index (χ2v) is 12.7. The number of aliphatic hydroxyl groups is 2. The molecule has 4 aliphatic rings. The molecule has 2 unspecified atom stereocenters. The maximum Gasteiger partial charge on any atom is 0.165 e. The molecule has 2 N–H and O–H groups in total. The Balaban J connectivity index is 1.55. The molecule has 0 spiro atoms. The van der Waals surface area contributed by atoms with E-state index in [9.17, 15) is 15.0 Å². The van der Waals surface area contributed by atoms with Crippen molar-refractivity contribution in [3.63, 3.8) is 0 Å². The number of aliphatic hydroxyl groups excluding tert-OH is 2. The third kappa shape index (κ3) is 3.51. The summed E-state index contributed by atoms with van der Waals surface area (Å²) in [5.41, 5.74) is 0.250. The topological polar surface area (TPSA) is 57.5 Å². The van der Waals surface area contributed by atoms with Crippen LogP contribution >= 0.6 is 0 Å². The van der Waals surface area contributed by atoms with Crippen molar-refractivity contribution in [2.75, 3.05) is 0 Å². The van der Waals surface area contributed by atoms with Crippen LogP contribution in [0.4, 0.5) is 0 Å². The number of rotatable bonds is 5. The average molecular weight is 419 g/mol. The lowest BCUT2D eigenvalue weighted by Gasteiger charge is -2.61. The second-order valence-electron chi connectivity index (χ2n) is 12.7. The van der Waals surface area contributed by atoms with Crippen LogP contribution in [-0.2, 0) is 4.79 Å². The monoisotopic (exact) mass is 418 g/mol. The molecule has 0 amide bonds. The first kappa shape index (κ1) is 22.8. The molecule has 4 fully saturated rings. The molecule has 4 saturated carbocycles. The number of carbonyl (C=O) groups is 1. The largest absolute Gasteiger partial charge is 0.393 e. The highest BCUT2D eigenvalue weighted by atomic mass is 16.3. The van der Waals surface area contributed by atoms with Crippen LogP contribution in [0, 0.1) is 52.3 Å². The summed E-state index contributed by atoms with van der Waals surface area (Å²) in [4.78, 5) is 13.3. The molecule has 0 aromatic carbocycles. The lowest BCUT2D eigenvalue weighted by Crippen LogP contribution is -2.62. The van der Waals surface area contributed by atoms with E-state index in [1.807, 2.05) is 0 Å². The fourth-order valence-electron chi connectivity index (χ4n) is 9.02. The van der Waals surface area contributed by atoms with Crippen molar-refractivity contribution >= 4 is 5.78 Å². The first-order chi connectivity index (χ1) is 14.1. The zero-order chi connectivity index (χ0) is 21.8. The van der Waals surface area contributed by atoms with Gasteiger partial charge in [0.25, 0.3) is 0 Å². The van der Waals surface area contributed by atoms with Gasteiger partial charge in [-0.3, -0.25) is 4.79 Å². The molecule has 0 bridgehead atoms. The molecule has 172 valence electrons. The number of fused-ring (bicyclic) bond motifs is 5. The summed E-state index contributed by atoms with van der Waals surface area (Å²) in [5, 5.41) is 21.5. The van der Waals surface area contributed by atoms with E-state index in [1.54, 1.807) is 0 Å². The fraction of sp³-hybridized carbons (Fsp3) is 0.963. The van der Waals surface area contributed by atoms with Crippen LogP contribution in [0.2, 0.25) is 0 Å². The number of hydrogen-bond acceptors (Lipinski definition) is 3. The van der Waals surface area contributed by atoms with E-state index in [4.69, 9.17) is 0 Å². The molecule has 4 rings (SSSR count). The molecule has 0 aromatic heterocycles. The van der Waals surface area contributed by atoms with Gasteiger partial charge in [-0.1, -0.05) is 53.9 Å². The molecule has 30 heavy (non-hydrogen) atoms. The molecule has 3 heteroatoms. The van der Waals surface area contributed by atoms with Crippen LogP contribution in [-0.4, -0.2) is 28.2 Å². The number of Topliss-reactive ketones (excluding diaryl/α,β-unsaturated/α-hetero) is 1. The molecule has 0 aliphatic heterocycles. The predicted molar refractivity (Wildman–Crippen MR) is 121 cm³/mol. The zero-order valence-electron chi connectivity index (χ0n) is 20.1. The third-order valence-corrected chi connectivity index (χ3v) is 10.7. The Hall–Kier alpha value is -0.410. The van der Waals surface area contributed by atoms with Gasteiger partial charge in [0.2, 0.25) is 0 Å². The molecule has 4 aliphatic carbocycles. The van der Waals surface area contributed by atoms with Gasteiger partial charge in [-0.15, -0.1) is 0 Å². The predicted octanol–water partition coefficient (Wildman–Crippen LogP) is 5.62. The van der Waals surface area contributed by atoms with Gasteiger partial charge in [0.1, 0.15) is 6.10 Å². The Labute approximate surface area is 184 Å². The van der Waals surface area contributed by atoms with E-state index >= 15 is 0 Å². The summed E-state index contributed by atoms with van der Waals surface area (Å²) in [6.45, 7) is 11.9. The Bertz CT molecular complexity index is 644. The smallest absolute Gasteiger partial charge is 0.165 e. The number of hydrogen-bond donors (Lipinski definition) is 2. The van der Waals surface area contributed by atoms with Gasteiger partial charge in [0.05, 0.1) is 6.10 Å². The molecule has 0 radical (unpaired) electrons. The van der Waals surface area contributed by atoms with Crippen LogP contribution < -0.4 is 0 Å². The maximum absolute atomic E-state index is 13.3. The second kappa shape index (κ2) is 8.18. The van der Waals surface area contributed by atoms with Crippen LogP contribution in [0.3, 0.4) is 0 Å². The summed E-state index contributed by atoms with van der Waals surface area (Å²) in [5.74, 6) is 3.22. The van der Waals surface area contributed by atoms with Gasteiger partial charge in [0.15, 0.2) is 5.78 Å². The molecule has 3 nitrogen and oxygen atoms in total. The molecule has 0 saturated heterocycles. The highest BCUT2D eigenvalue weighted by Crippen LogP contribution is 2.67. The van der Waals surface area contributed by atoms with Crippen molar-refractivity contribution in [2.24, 2.45) is 52.3 Å². The van der Waals surface area contributed by atoms with Crippen molar-refractivity contribution in [2.45, 2.75) is 111 Å². The maximum atomic E-state index is 13.3. The van der Waals surface area contributed by atoms with Gasteiger partial charge in [-0.05, 0) is 91.3 Å².